The zero-order chi connectivity index (χ0) is 14.8. The fraction of sp³-hybridized carbons (Fsp3) is 0.647. The quantitative estimate of drug-likeness (QED) is 0.911. The van der Waals surface area contributed by atoms with E-state index in [4.69, 9.17) is 5.73 Å². The van der Waals surface area contributed by atoms with Crippen LogP contribution in [-0.2, 0) is 0 Å². The molecule has 2 rings (SSSR count). The zero-order valence-electron chi connectivity index (χ0n) is 13.0. The molecular weight excluding hydrogens is 251 g/mol. The Morgan fingerprint density at radius 2 is 2.00 bits per heavy atom. The number of hydrogen-bond acceptors (Lipinski definition) is 2. The van der Waals surface area contributed by atoms with Gasteiger partial charge in [0, 0.05) is 12.6 Å². The Bertz CT molecular complexity index is 450. The van der Waals surface area contributed by atoms with Gasteiger partial charge in [0.05, 0.1) is 0 Å². The minimum Gasteiger partial charge on any atom is -0.329 e. The average molecular weight is 278 g/mol. The van der Waals surface area contributed by atoms with Crippen LogP contribution >= 0.6 is 0 Å². The molecule has 20 heavy (non-hydrogen) atoms. The van der Waals surface area contributed by atoms with E-state index in [0.717, 1.165) is 18.7 Å². The molecule has 0 radical (unpaired) electrons. The third-order valence-corrected chi connectivity index (χ3v) is 5.10. The summed E-state index contributed by atoms with van der Waals surface area (Å²) in [6.07, 6.45) is 3.63. The molecular formula is C17H27FN2. The number of piperidine rings is 1. The summed E-state index contributed by atoms with van der Waals surface area (Å²) in [5.41, 5.74) is 8.13. The highest BCUT2D eigenvalue weighted by Crippen LogP contribution is 2.36. The summed E-state index contributed by atoms with van der Waals surface area (Å²) in [6.45, 7) is 9.09. The average Bonchev–Trinajstić information content (AvgIpc) is 2.46. The van der Waals surface area contributed by atoms with Crippen LogP contribution in [0.15, 0.2) is 18.2 Å². The van der Waals surface area contributed by atoms with E-state index < -0.39 is 0 Å². The smallest absolute Gasteiger partial charge is 0.126 e. The van der Waals surface area contributed by atoms with E-state index >= 15 is 0 Å². The van der Waals surface area contributed by atoms with Gasteiger partial charge in [-0.1, -0.05) is 32.4 Å². The fourth-order valence-electron chi connectivity index (χ4n) is 3.04. The van der Waals surface area contributed by atoms with Crippen molar-refractivity contribution >= 4 is 0 Å². The Morgan fingerprint density at radius 3 is 2.50 bits per heavy atom. The van der Waals surface area contributed by atoms with Crippen molar-refractivity contribution in [1.29, 1.82) is 0 Å². The molecule has 0 saturated carbocycles. The SMILES string of the molecule is CCC1(C)CCN(C(CN)c2ccc(C)c(F)c2)CC1. The molecule has 1 aromatic carbocycles. The van der Waals surface area contributed by atoms with Gasteiger partial charge in [-0.3, -0.25) is 4.90 Å². The number of nitrogens with two attached hydrogens (primary N) is 1. The molecule has 1 aromatic rings. The molecule has 112 valence electrons. The maximum absolute atomic E-state index is 13.8. The van der Waals surface area contributed by atoms with Crippen LogP contribution in [0, 0.1) is 18.2 Å². The first-order valence-corrected chi connectivity index (χ1v) is 7.69. The minimum atomic E-state index is -0.128. The van der Waals surface area contributed by atoms with Crippen LogP contribution in [0.4, 0.5) is 4.39 Å². The van der Waals surface area contributed by atoms with Gasteiger partial charge in [0.2, 0.25) is 0 Å². The molecule has 0 aromatic heterocycles. The first kappa shape index (κ1) is 15.5. The number of likely N-dealkylation sites (tertiary alicyclic amines) is 1. The van der Waals surface area contributed by atoms with Crippen LogP contribution in [0.3, 0.4) is 0 Å². The van der Waals surface area contributed by atoms with Crippen LogP contribution in [0.2, 0.25) is 0 Å². The molecule has 0 amide bonds. The Hall–Kier alpha value is -0.930. The summed E-state index contributed by atoms with van der Waals surface area (Å²) >= 11 is 0. The van der Waals surface area contributed by atoms with Crippen LogP contribution in [0.1, 0.15) is 50.3 Å². The minimum absolute atomic E-state index is 0.128. The van der Waals surface area contributed by atoms with Crippen molar-refractivity contribution in [3.63, 3.8) is 0 Å². The van der Waals surface area contributed by atoms with Crippen molar-refractivity contribution in [1.82, 2.24) is 4.90 Å². The lowest BCUT2D eigenvalue weighted by Gasteiger charge is -2.42. The van der Waals surface area contributed by atoms with E-state index in [-0.39, 0.29) is 11.9 Å². The van der Waals surface area contributed by atoms with Crippen molar-refractivity contribution in [2.45, 2.75) is 46.1 Å². The van der Waals surface area contributed by atoms with Crippen molar-refractivity contribution in [2.24, 2.45) is 11.1 Å². The molecule has 0 bridgehead atoms. The maximum atomic E-state index is 13.8. The normalized spacial score (nSPS) is 20.9. The molecule has 1 fully saturated rings. The number of benzene rings is 1. The molecule has 2 nitrogen and oxygen atoms in total. The van der Waals surface area contributed by atoms with Gasteiger partial charge in [0.25, 0.3) is 0 Å². The molecule has 1 aliphatic rings. The molecule has 1 saturated heterocycles. The van der Waals surface area contributed by atoms with E-state index in [1.807, 2.05) is 12.1 Å². The molecule has 0 spiro atoms. The second kappa shape index (κ2) is 6.23. The lowest BCUT2D eigenvalue weighted by molar-refractivity contribution is 0.0828. The molecule has 1 heterocycles. The lowest BCUT2D eigenvalue weighted by atomic mass is 9.78. The van der Waals surface area contributed by atoms with Gasteiger partial charge < -0.3 is 5.73 Å². The number of hydrogen-bond donors (Lipinski definition) is 1. The second-order valence-electron chi connectivity index (χ2n) is 6.46. The van der Waals surface area contributed by atoms with Gasteiger partial charge in [-0.05, 0) is 55.5 Å². The zero-order valence-corrected chi connectivity index (χ0v) is 13.0. The van der Waals surface area contributed by atoms with Gasteiger partial charge >= 0.3 is 0 Å². The number of rotatable bonds is 4. The number of aryl methyl sites for hydroxylation is 1. The summed E-state index contributed by atoms with van der Waals surface area (Å²) in [5.74, 6) is -0.128. The van der Waals surface area contributed by atoms with E-state index in [0.29, 0.717) is 17.5 Å². The van der Waals surface area contributed by atoms with Gasteiger partial charge in [0.15, 0.2) is 0 Å². The van der Waals surface area contributed by atoms with Crippen LogP contribution in [0.25, 0.3) is 0 Å². The Morgan fingerprint density at radius 1 is 1.35 bits per heavy atom. The van der Waals surface area contributed by atoms with Crippen LogP contribution < -0.4 is 5.73 Å². The van der Waals surface area contributed by atoms with E-state index in [9.17, 15) is 4.39 Å². The monoisotopic (exact) mass is 278 g/mol. The maximum Gasteiger partial charge on any atom is 0.126 e. The fourth-order valence-corrected chi connectivity index (χ4v) is 3.04. The van der Waals surface area contributed by atoms with Gasteiger partial charge in [-0.2, -0.15) is 0 Å². The first-order valence-electron chi connectivity index (χ1n) is 7.69. The molecule has 3 heteroatoms. The second-order valence-corrected chi connectivity index (χ2v) is 6.46. The lowest BCUT2D eigenvalue weighted by Crippen LogP contribution is -2.42. The summed E-state index contributed by atoms with van der Waals surface area (Å²) in [6, 6.07) is 5.67. The molecule has 2 N–H and O–H groups in total. The third kappa shape index (κ3) is 3.21. The van der Waals surface area contributed by atoms with Crippen LogP contribution in [0.5, 0.6) is 0 Å². The van der Waals surface area contributed by atoms with Gasteiger partial charge in [-0.25, -0.2) is 4.39 Å². The van der Waals surface area contributed by atoms with E-state index in [1.165, 1.54) is 19.3 Å². The Balaban J connectivity index is 2.11. The highest BCUT2D eigenvalue weighted by Gasteiger charge is 2.31. The van der Waals surface area contributed by atoms with Gasteiger partial charge in [-0.15, -0.1) is 0 Å². The Labute approximate surface area is 122 Å². The third-order valence-electron chi connectivity index (χ3n) is 5.10. The predicted octanol–water partition coefficient (Wildman–Crippen LogP) is 3.65. The van der Waals surface area contributed by atoms with Gasteiger partial charge in [0.1, 0.15) is 5.82 Å². The molecule has 1 aliphatic heterocycles. The highest BCUT2D eigenvalue weighted by atomic mass is 19.1. The summed E-state index contributed by atoms with van der Waals surface area (Å²) in [5, 5.41) is 0. The largest absolute Gasteiger partial charge is 0.329 e. The molecule has 1 unspecified atom stereocenters. The van der Waals surface area contributed by atoms with Crippen molar-refractivity contribution in [3.8, 4) is 0 Å². The summed E-state index contributed by atoms with van der Waals surface area (Å²) < 4.78 is 13.8. The highest BCUT2D eigenvalue weighted by molar-refractivity contribution is 5.26. The molecule has 0 aliphatic carbocycles. The molecule has 1 atom stereocenters. The van der Waals surface area contributed by atoms with Crippen molar-refractivity contribution < 1.29 is 4.39 Å². The van der Waals surface area contributed by atoms with Crippen molar-refractivity contribution in [2.75, 3.05) is 19.6 Å². The predicted molar refractivity (Wildman–Crippen MR) is 82.1 cm³/mol. The summed E-state index contributed by atoms with van der Waals surface area (Å²) in [4.78, 5) is 2.42. The summed E-state index contributed by atoms with van der Waals surface area (Å²) in [7, 11) is 0. The topological polar surface area (TPSA) is 29.3 Å². The first-order chi connectivity index (χ1) is 9.49. The standard InChI is InChI=1S/C17H27FN2/c1-4-17(3)7-9-20(10-8-17)16(12-19)14-6-5-13(2)15(18)11-14/h5-6,11,16H,4,7-10,12,19H2,1-3H3. The Kier molecular flexibility index (Phi) is 4.82. The van der Waals surface area contributed by atoms with Crippen molar-refractivity contribution in [3.05, 3.63) is 35.1 Å². The number of halogens is 1. The van der Waals surface area contributed by atoms with E-state index in [1.54, 1.807) is 13.0 Å². The number of nitrogens with zero attached hydrogens (tertiary/aromatic N) is 1. The van der Waals surface area contributed by atoms with E-state index in [2.05, 4.69) is 18.7 Å². The van der Waals surface area contributed by atoms with Crippen LogP contribution in [-0.4, -0.2) is 24.5 Å².